The van der Waals surface area contributed by atoms with E-state index in [1.54, 1.807) is 13.0 Å². The van der Waals surface area contributed by atoms with Gasteiger partial charge in [-0.3, -0.25) is 4.79 Å². The molecule has 0 radical (unpaired) electrons. The van der Waals surface area contributed by atoms with Crippen LogP contribution in [0.4, 0.5) is 0 Å². The minimum absolute atomic E-state index is 0.0380. The Bertz CT molecular complexity index is 1070. The maximum absolute atomic E-state index is 11.8. The average Bonchev–Trinajstić information content (AvgIpc) is 3.05. The van der Waals surface area contributed by atoms with E-state index < -0.39 is 0 Å². The highest BCUT2D eigenvalue weighted by Crippen LogP contribution is 2.45. The zero-order chi connectivity index (χ0) is 19.5. The van der Waals surface area contributed by atoms with Crippen molar-refractivity contribution in [3.05, 3.63) is 84.6 Å². The first kappa shape index (κ1) is 18.2. The van der Waals surface area contributed by atoms with Gasteiger partial charge in [0.25, 0.3) is 0 Å². The van der Waals surface area contributed by atoms with Gasteiger partial charge in [0.15, 0.2) is 5.78 Å². The van der Waals surface area contributed by atoms with Crippen LogP contribution in [0.3, 0.4) is 0 Å². The number of allylic oxidation sites excluding steroid dienone is 2. The molecule has 0 bridgehead atoms. The van der Waals surface area contributed by atoms with Crippen molar-refractivity contribution in [2.45, 2.75) is 32.3 Å². The highest BCUT2D eigenvalue weighted by Gasteiger charge is 2.32. The Morgan fingerprint density at radius 2 is 1.79 bits per heavy atom. The van der Waals surface area contributed by atoms with Crippen LogP contribution in [0, 0.1) is 0 Å². The first-order valence-corrected chi connectivity index (χ1v) is 9.67. The molecule has 0 N–H and O–H groups in total. The Kier molecular flexibility index (Phi) is 5.07. The van der Waals surface area contributed by atoms with Gasteiger partial charge in [0.05, 0.1) is 5.69 Å². The van der Waals surface area contributed by atoms with Crippen LogP contribution in [0.15, 0.2) is 73.3 Å². The highest BCUT2D eigenvalue weighted by molar-refractivity contribution is 6.01. The normalized spacial score (nSPS) is 16.8. The summed E-state index contributed by atoms with van der Waals surface area (Å²) in [5.74, 6) is 0.540. The van der Waals surface area contributed by atoms with Crippen molar-refractivity contribution in [3.63, 3.8) is 0 Å². The molecule has 3 aromatic rings. The van der Waals surface area contributed by atoms with Gasteiger partial charge in [0.2, 0.25) is 0 Å². The Morgan fingerprint density at radius 3 is 2.50 bits per heavy atom. The van der Waals surface area contributed by atoms with E-state index in [1.165, 1.54) is 0 Å². The van der Waals surface area contributed by atoms with Gasteiger partial charge in [-0.05, 0) is 31.6 Å². The van der Waals surface area contributed by atoms with E-state index in [-0.39, 0.29) is 11.9 Å². The third-order valence-electron chi connectivity index (χ3n) is 5.03. The van der Waals surface area contributed by atoms with Crippen molar-refractivity contribution in [1.82, 2.24) is 4.98 Å². The van der Waals surface area contributed by atoms with Gasteiger partial charge < -0.3 is 4.74 Å². The van der Waals surface area contributed by atoms with Crippen LogP contribution in [0.1, 0.15) is 43.5 Å². The molecular formula is C25H23NO2. The number of nitrogens with zero attached hydrogens (tertiary/aromatic N) is 1. The number of carbonyl (C=O) groups is 1. The Labute approximate surface area is 165 Å². The van der Waals surface area contributed by atoms with Crippen LogP contribution >= 0.6 is 0 Å². The number of hydrogen-bond donors (Lipinski definition) is 0. The molecule has 3 nitrogen and oxygen atoms in total. The average molecular weight is 369 g/mol. The fraction of sp³-hybridized carbons (Fsp3) is 0.200. The number of carbonyl (C=O) groups excluding carboxylic acids is 1. The minimum atomic E-state index is -0.0947. The molecule has 140 valence electrons. The molecule has 0 saturated heterocycles. The van der Waals surface area contributed by atoms with E-state index in [9.17, 15) is 4.79 Å². The second-order valence-corrected chi connectivity index (χ2v) is 7.08. The van der Waals surface area contributed by atoms with Gasteiger partial charge in [-0.1, -0.05) is 60.7 Å². The number of unbranched alkanes of at least 4 members (excludes halogenated alkanes) is 1. The zero-order valence-electron chi connectivity index (χ0n) is 16.0. The third-order valence-corrected chi connectivity index (χ3v) is 5.03. The number of hydrogen-bond acceptors (Lipinski definition) is 3. The van der Waals surface area contributed by atoms with Gasteiger partial charge in [0.1, 0.15) is 17.6 Å². The van der Waals surface area contributed by atoms with E-state index in [1.807, 2.05) is 36.4 Å². The van der Waals surface area contributed by atoms with Crippen molar-refractivity contribution < 1.29 is 9.53 Å². The molecule has 2 heterocycles. The van der Waals surface area contributed by atoms with Crippen LogP contribution < -0.4 is 0 Å². The lowest BCUT2D eigenvalue weighted by molar-refractivity contribution is -0.112. The molecule has 1 unspecified atom stereocenters. The summed E-state index contributed by atoms with van der Waals surface area (Å²) >= 11 is 0. The summed E-state index contributed by atoms with van der Waals surface area (Å²) in [4.78, 5) is 16.8. The van der Waals surface area contributed by atoms with Gasteiger partial charge in [-0.2, -0.15) is 0 Å². The van der Waals surface area contributed by atoms with Gasteiger partial charge >= 0.3 is 0 Å². The fourth-order valence-electron chi connectivity index (χ4n) is 3.82. The van der Waals surface area contributed by atoms with Gasteiger partial charge in [-0.15, -0.1) is 6.58 Å². The fourth-order valence-corrected chi connectivity index (χ4v) is 3.82. The number of benzene rings is 2. The Balaban J connectivity index is 1.95. The van der Waals surface area contributed by atoms with Crippen molar-refractivity contribution in [3.8, 4) is 11.3 Å². The number of ether oxygens (including phenoxy) is 1. The molecule has 2 aromatic carbocycles. The van der Waals surface area contributed by atoms with E-state index in [0.717, 1.165) is 52.5 Å². The van der Waals surface area contributed by atoms with Crippen LogP contribution in [0.2, 0.25) is 0 Å². The predicted molar refractivity (Wildman–Crippen MR) is 114 cm³/mol. The third kappa shape index (κ3) is 3.36. The maximum atomic E-state index is 11.8. The summed E-state index contributed by atoms with van der Waals surface area (Å²) in [5, 5.41) is 2.25. The molecule has 0 saturated carbocycles. The second-order valence-electron chi connectivity index (χ2n) is 7.08. The van der Waals surface area contributed by atoms with Crippen LogP contribution in [0.5, 0.6) is 0 Å². The van der Waals surface area contributed by atoms with E-state index in [0.29, 0.717) is 5.76 Å². The molecule has 4 rings (SSSR count). The molecule has 0 fully saturated rings. The molecule has 1 aliphatic heterocycles. The Hall–Kier alpha value is -3.20. The first-order chi connectivity index (χ1) is 13.7. The summed E-state index contributed by atoms with van der Waals surface area (Å²) in [7, 11) is 0. The monoisotopic (exact) mass is 369 g/mol. The Morgan fingerprint density at radius 1 is 1.07 bits per heavy atom. The van der Waals surface area contributed by atoms with Crippen LogP contribution in [-0.4, -0.2) is 10.8 Å². The van der Waals surface area contributed by atoms with Crippen molar-refractivity contribution in [2.75, 3.05) is 0 Å². The standard InChI is InChI=1S/C25H23NO2/c1-3-4-6-15-21-23-19-13-9-10-14-20(19)24(18-11-7-5-8-12-18)26-25(23)22(28-21)16-17(2)27/h3,5,7-14,16,21H,1,4,6,15H2,2H3/b22-16+. The number of rotatable bonds is 6. The molecular weight excluding hydrogens is 346 g/mol. The number of aromatic nitrogens is 1. The van der Waals surface area contributed by atoms with E-state index >= 15 is 0 Å². The van der Waals surface area contributed by atoms with Crippen molar-refractivity contribution >= 4 is 22.3 Å². The molecule has 1 atom stereocenters. The lowest BCUT2D eigenvalue weighted by Gasteiger charge is -2.14. The lowest BCUT2D eigenvalue weighted by Crippen LogP contribution is -1.99. The largest absolute Gasteiger partial charge is 0.483 e. The van der Waals surface area contributed by atoms with Crippen molar-refractivity contribution in [1.29, 1.82) is 0 Å². The minimum Gasteiger partial charge on any atom is -0.483 e. The number of ketones is 1. The van der Waals surface area contributed by atoms with Crippen LogP contribution in [0.25, 0.3) is 27.8 Å². The SMILES string of the molecule is C=CCCCC1O/C(=C/C(C)=O)c2nc(-c3ccccc3)c3ccccc3c21. The zero-order valence-corrected chi connectivity index (χ0v) is 16.0. The van der Waals surface area contributed by atoms with Gasteiger partial charge in [0, 0.05) is 22.6 Å². The molecule has 1 aromatic heterocycles. The molecule has 0 spiro atoms. The first-order valence-electron chi connectivity index (χ1n) is 9.67. The summed E-state index contributed by atoms with van der Waals surface area (Å²) in [6.45, 7) is 5.35. The second kappa shape index (κ2) is 7.81. The molecule has 0 aliphatic carbocycles. The van der Waals surface area contributed by atoms with Crippen LogP contribution in [-0.2, 0) is 9.53 Å². The van der Waals surface area contributed by atoms with E-state index in [2.05, 4.69) is 30.8 Å². The predicted octanol–water partition coefficient (Wildman–Crippen LogP) is 6.26. The summed E-state index contributed by atoms with van der Waals surface area (Å²) in [6.07, 6.45) is 6.18. The summed E-state index contributed by atoms with van der Waals surface area (Å²) < 4.78 is 6.23. The van der Waals surface area contributed by atoms with E-state index in [4.69, 9.17) is 9.72 Å². The van der Waals surface area contributed by atoms with Crippen molar-refractivity contribution in [2.24, 2.45) is 0 Å². The lowest BCUT2D eigenvalue weighted by atomic mass is 9.94. The van der Waals surface area contributed by atoms with Gasteiger partial charge in [-0.25, -0.2) is 4.98 Å². The number of pyridine rings is 1. The smallest absolute Gasteiger partial charge is 0.156 e. The molecule has 0 amide bonds. The maximum Gasteiger partial charge on any atom is 0.156 e. The molecule has 28 heavy (non-hydrogen) atoms. The molecule has 3 heteroatoms. The topological polar surface area (TPSA) is 39.2 Å². The summed E-state index contributed by atoms with van der Waals surface area (Å²) in [5.41, 5.74) is 3.85. The quantitative estimate of drug-likeness (QED) is 0.292. The highest BCUT2D eigenvalue weighted by atomic mass is 16.5. The number of fused-ring (bicyclic) bond motifs is 3. The summed E-state index contributed by atoms with van der Waals surface area (Å²) in [6, 6.07) is 18.5. The molecule has 1 aliphatic rings.